The van der Waals surface area contributed by atoms with Gasteiger partial charge >= 0.3 is 0 Å². The van der Waals surface area contributed by atoms with Crippen LogP contribution in [0.15, 0.2) is 53.0 Å². The maximum Gasteiger partial charge on any atom is 0.140 e. The predicted octanol–water partition coefficient (Wildman–Crippen LogP) is 4.89. The monoisotopic (exact) mass is 373 g/mol. The summed E-state index contributed by atoms with van der Waals surface area (Å²) in [7, 11) is 0. The molecular formula is C19H17BrFNO. The van der Waals surface area contributed by atoms with E-state index in [0.717, 1.165) is 28.6 Å². The molecular weight excluding hydrogens is 357 g/mol. The fourth-order valence-electron chi connectivity index (χ4n) is 4.05. The molecule has 2 saturated heterocycles. The number of carbonyl (C=O) groups excluding carboxylic acids is 1. The number of hydrogen-bond acceptors (Lipinski definition) is 2. The fraction of sp³-hybridized carbons (Fsp3) is 0.316. The highest BCUT2D eigenvalue weighted by molar-refractivity contribution is 9.10. The fourth-order valence-corrected chi connectivity index (χ4v) is 4.31. The van der Waals surface area contributed by atoms with E-state index in [4.69, 9.17) is 0 Å². The maximum absolute atomic E-state index is 13.3. The Kier molecular flexibility index (Phi) is 3.72. The van der Waals surface area contributed by atoms with Crippen LogP contribution in [0.25, 0.3) is 0 Å². The van der Waals surface area contributed by atoms with Gasteiger partial charge < -0.3 is 4.90 Å². The Bertz CT molecular complexity index is 728. The van der Waals surface area contributed by atoms with E-state index in [9.17, 15) is 9.18 Å². The van der Waals surface area contributed by atoms with Gasteiger partial charge in [0.1, 0.15) is 11.6 Å². The number of benzene rings is 2. The lowest BCUT2D eigenvalue weighted by Crippen LogP contribution is -2.54. The van der Waals surface area contributed by atoms with Crippen LogP contribution in [0.1, 0.15) is 30.9 Å². The Morgan fingerprint density at radius 1 is 1.00 bits per heavy atom. The number of halogens is 2. The van der Waals surface area contributed by atoms with Crippen molar-refractivity contribution >= 4 is 27.4 Å². The van der Waals surface area contributed by atoms with Crippen LogP contribution < -0.4 is 4.90 Å². The van der Waals surface area contributed by atoms with Crippen LogP contribution in [-0.4, -0.2) is 11.8 Å². The molecule has 3 fully saturated rings. The highest BCUT2D eigenvalue weighted by atomic mass is 79.9. The van der Waals surface area contributed by atoms with Gasteiger partial charge in [0, 0.05) is 28.5 Å². The van der Waals surface area contributed by atoms with Gasteiger partial charge in [-0.2, -0.15) is 0 Å². The third-order valence-electron chi connectivity index (χ3n) is 5.07. The first kappa shape index (κ1) is 14.9. The number of rotatable bonds is 2. The summed E-state index contributed by atoms with van der Waals surface area (Å²) in [6.07, 6.45) is 2.60. The minimum Gasteiger partial charge on any atom is -0.360 e. The molecule has 1 saturated carbocycles. The lowest BCUT2D eigenvalue weighted by atomic mass is 9.71. The molecule has 0 unspecified atom stereocenters. The third-order valence-corrected chi connectivity index (χ3v) is 5.60. The third kappa shape index (κ3) is 2.59. The normalized spacial score (nSPS) is 26.6. The number of anilines is 1. The number of piperidine rings is 2. The Morgan fingerprint density at radius 3 is 2.35 bits per heavy atom. The van der Waals surface area contributed by atoms with Crippen molar-refractivity contribution < 1.29 is 9.18 Å². The van der Waals surface area contributed by atoms with Gasteiger partial charge in [0.15, 0.2) is 0 Å². The number of nitrogens with zero attached hydrogens (tertiary/aromatic N) is 1. The van der Waals surface area contributed by atoms with Crippen molar-refractivity contribution in [1.82, 2.24) is 0 Å². The van der Waals surface area contributed by atoms with Gasteiger partial charge in [-0.3, -0.25) is 4.79 Å². The van der Waals surface area contributed by atoms with Crippen LogP contribution in [0, 0.1) is 11.7 Å². The first-order valence-electron chi connectivity index (χ1n) is 7.95. The second-order valence-electron chi connectivity index (χ2n) is 6.39. The molecule has 2 heterocycles. The van der Waals surface area contributed by atoms with E-state index in [0.29, 0.717) is 12.2 Å². The molecule has 5 rings (SSSR count). The molecule has 2 nitrogen and oxygen atoms in total. The highest BCUT2D eigenvalue weighted by Gasteiger charge is 2.47. The summed E-state index contributed by atoms with van der Waals surface area (Å²) in [5.74, 6) is 0.120. The highest BCUT2D eigenvalue weighted by Crippen LogP contribution is 2.47. The number of ketones is 1. The Labute approximate surface area is 143 Å². The van der Waals surface area contributed by atoms with E-state index in [2.05, 4.69) is 33.0 Å². The predicted molar refractivity (Wildman–Crippen MR) is 91.9 cm³/mol. The zero-order valence-corrected chi connectivity index (χ0v) is 14.2. The van der Waals surface area contributed by atoms with Crippen molar-refractivity contribution in [1.29, 1.82) is 0 Å². The number of Topliss-reactive ketones (excluding diaryl/α,β-unsaturated/α-hetero) is 1. The number of carbonyl (C=O) groups is 1. The molecule has 0 aromatic heterocycles. The molecule has 0 spiro atoms. The molecule has 2 aromatic rings. The lowest BCUT2D eigenvalue weighted by molar-refractivity contribution is -0.128. The van der Waals surface area contributed by atoms with Crippen molar-refractivity contribution in [2.75, 3.05) is 4.90 Å². The second-order valence-corrected chi connectivity index (χ2v) is 7.30. The number of fused-ring (bicyclic) bond motifs is 3. The largest absolute Gasteiger partial charge is 0.360 e. The Balaban J connectivity index is 1.79. The average Bonchev–Trinajstić information content (AvgIpc) is 2.56. The summed E-state index contributed by atoms with van der Waals surface area (Å²) >= 11 is 3.47. The van der Waals surface area contributed by atoms with E-state index in [1.54, 1.807) is 0 Å². The molecule has 4 heteroatoms. The van der Waals surface area contributed by atoms with E-state index in [1.165, 1.54) is 12.1 Å². The summed E-state index contributed by atoms with van der Waals surface area (Å²) in [5, 5.41) is 0. The van der Waals surface area contributed by atoms with Gasteiger partial charge in [0.25, 0.3) is 0 Å². The van der Waals surface area contributed by atoms with E-state index >= 15 is 0 Å². The standard InChI is InChI=1S/C19H17BrFNO/c20-13-3-7-15(8-4-13)22-16-9-10-17(18(23)11-16)19(22)12-1-5-14(21)6-2-12/h1-8,16-17,19H,9-11H2/t16-,17+,19+/m0/s1. The van der Waals surface area contributed by atoms with Crippen molar-refractivity contribution in [2.45, 2.75) is 31.3 Å². The molecule has 3 atom stereocenters. The van der Waals surface area contributed by atoms with Crippen LogP contribution in [0.2, 0.25) is 0 Å². The van der Waals surface area contributed by atoms with Gasteiger partial charge in [-0.15, -0.1) is 0 Å². The quantitative estimate of drug-likeness (QED) is 0.746. The summed E-state index contributed by atoms with van der Waals surface area (Å²) < 4.78 is 14.3. The first-order valence-corrected chi connectivity index (χ1v) is 8.75. The van der Waals surface area contributed by atoms with Crippen molar-refractivity contribution in [3.8, 4) is 0 Å². The van der Waals surface area contributed by atoms with Crippen molar-refractivity contribution in [3.63, 3.8) is 0 Å². The Morgan fingerprint density at radius 2 is 1.70 bits per heavy atom. The van der Waals surface area contributed by atoms with Crippen LogP contribution in [0.4, 0.5) is 10.1 Å². The van der Waals surface area contributed by atoms with Crippen molar-refractivity contribution in [3.05, 3.63) is 64.4 Å². The van der Waals surface area contributed by atoms with Gasteiger partial charge in [-0.25, -0.2) is 4.39 Å². The molecule has 0 radical (unpaired) electrons. The smallest absolute Gasteiger partial charge is 0.140 e. The minimum absolute atomic E-state index is 0.00843. The number of hydrogen-bond donors (Lipinski definition) is 0. The van der Waals surface area contributed by atoms with Crippen LogP contribution in [0.3, 0.4) is 0 Å². The van der Waals surface area contributed by atoms with E-state index < -0.39 is 0 Å². The zero-order chi connectivity index (χ0) is 16.0. The summed E-state index contributed by atoms with van der Waals surface area (Å²) in [4.78, 5) is 14.8. The summed E-state index contributed by atoms with van der Waals surface area (Å²) in [6.45, 7) is 0. The van der Waals surface area contributed by atoms with Crippen LogP contribution in [-0.2, 0) is 4.79 Å². The summed E-state index contributed by atoms with van der Waals surface area (Å²) in [5.41, 5.74) is 2.15. The molecule has 0 amide bonds. The zero-order valence-electron chi connectivity index (χ0n) is 12.6. The molecule has 2 aliphatic heterocycles. The van der Waals surface area contributed by atoms with E-state index in [-0.39, 0.29) is 23.8 Å². The first-order chi connectivity index (χ1) is 11.1. The topological polar surface area (TPSA) is 20.3 Å². The van der Waals surface area contributed by atoms with Gasteiger partial charge in [-0.05, 0) is 54.8 Å². The maximum atomic E-state index is 13.3. The Hall–Kier alpha value is -1.68. The molecule has 3 aliphatic rings. The van der Waals surface area contributed by atoms with Crippen molar-refractivity contribution in [2.24, 2.45) is 5.92 Å². The SMILES string of the molecule is O=C1C[C@@H]2CC[C@H]1[C@@H](c1ccc(F)cc1)N2c1ccc(Br)cc1. The molecule has 2 aromatic carbocycles. The molecule has 1 aliphatic carbocycles. The van der Waals surface area contributed by atoms with Gasteiger partial charge in [-0.1, -0.05) is 28.1 Å². The van der Waals surface area contributed by atoms with Gasteiger partial charge in [0.2, 0.25) is 0 Å². The van der Waals surface area contributed by atoms with Crippen LogP contribution >= 0.6 is 15.9 Å². The molecule has 2 bridgehead atoms. The van der Waals surface area contributed by atoms with E-state index in [1.807, 2.05) is 24.3 Å². The molecule has 118 valence electrons. The lowest BCUT2D eigenvalue weighted by Gasteiger charge is -2.52. The molecule has 0 N–H and O–H groups in total. The minimum atomic E-state index is -0.240. The summed E-state index contributed by atoms with van der Waals surface area (Å²) in [6, 6.07) is 15.1. The second kappa shape index (κ2) is 5.75. The molecule has 23 heavy (non-hydrogen) atoms. The average molecular weight is 374 g/mol. The van der Waals surface area contributed by atoms with Gasteiger partial charge in [0.05, 0.1) is 6.04 Å². The van der Waals surface area contributed by atoms with Crippen LogP contribution in [0.5, 0.6) is 0 Å².